The van der Waals surface area contributed by atoms with Gasteiger partial charge in [-0.05, 0) is 60.6 Å². The molecule has 2 aromatic rings. The zero-order valence-corrected chi connectivity index (χ0v) is 21.5. The maximum Gasteiger partial charge on any atom is 0.316 e. The van der Waals surface area contributed by atoms with Crippen molar-refractivity contribution in [1.82, 2.24) is 0 Å². The number of allylic oxidation sites excluding steroid dienone is 2. The Balaban J connectivity index is 1.27. The van der Waals surface area contributed by atoms with Gasteiger partial charge in [-0.2, -0.15) is 0 Å². The van der Waals surface area contributed by atoms with Crippen LogP contribution in [0.3, 0.4) is 0 Å². The van der Waals surface area contributed by atoms with Crippen molar-refractivity contribution in [1.29, 1.82) is 0 Å². The number of nitrogens with zero attached hydrogens (tertiary/aromatic N) is 2. The second-order valence-electron chi connectivity index (χ2n) is 10.1. The van der Waals surface area contributed by atoms with E-state index in [1.165, 1.54) is 4.90 Å². The topological polar surface area (TPSA) is 84.0 Å². The smallest absolute Gasteiger partial charge is 0.316 e. The molecular weight excluding hydrogens is 468 g/mol. The molecule has 0 radical (unpaired) electrons. The Morgan fingerprint density at radius 2 is 1.65 bits per heavy atom. The van der Waals surface area contributed by atoms with Gasteiger partial charge >= 0.3 is 5.97 Å². The van der Waals surface area contributed by atoms with Crippen molar-refractivity contribution in [2.45, 2.75) is 46.5 Å². The normalized spacial score (nSPS) is 25.1. The van der Waals surface area contributed by atoms with Crippen LogP contribution < -0.4 is 14.5 Å². The number of aryl methyl sites for hydroxylation is 2. The summed E-state index contributed by atoms with van der Waals surface area (Å²) < 4.78 is 5.61. The van der Waals surface area contributed by atoms with Crippen LogP contribution in [-0.4, -0.2) is 30.2 Å². The second kappa shape index (κ2) is 9.96. The number of hydrogen-bond donors (Lipinski definition) is 0. The summed E-state index contributed by atoms with van der Waals surface area (Å²) in [6.07, 6.45) is 6.25. The van der Waals surface area contributed by atoms with E-state index in [9.17, 15) is 19.2 Å². The van der Waals surface area contributed by atoms with Gasteiger partial charge < -0.3 is 9.64 Å². The van der Waals surface area contributed by atoms with E-state index in [4.69, 9.17) is 4.74 Å². The molecule has 3 aliphatic rings. The van der Waals surface area contributed by atoms with Crippen LogP contribution >= 0.6 is 0 Å². The van der Waals surface area contributed by atoms with E-state index in [0.717, 1.165) is 29.7 Å². The summed E-state index contributed by atoms with van der Waals surface area (Å²) in [5.41, 5.74) is 3.57. The summed E-state index contributed by atoms with van der Waals surface area (Å²) in [6, 6.07) is 12.5. The third-order valence-corrected chi connectivity index (χ3v) is 7.88. The number of ether oxygens (including phenoxy) is 1. The van der Waals surface area contributed by atoms with E-state index < -0.39 is 11.9 Å². The molecule has 5 rings (SSSR count). The summed E-state index contributed by atoms with van der Waals surface area (Å²) in [5.74, 6) is -1.79. The number of anilines is 2. The van der Waals surface area contributed by atoms with Crippen molar-refractivity contribution < 1.29 is 23.9 Å². The highest BCUT2D eigenvalue weighted by Gasteiger charge is 2.50. The zero-order chi connectivity index (χ0) is 26.3. The van der Waals surface area contributed by atoms with Crippen molar-refractivity contribution >= 4 is 35.1 Å². The van der Waals surface area contributed by atoms with Crippen molar-refractivity contribution in [3.8, 4) is 5.75 Å². The third kappa shape index (κ3) is 4.37. The Bertz CT molecular complexity index is 1260. The number of benzene rings is 2. The predicted octanol–water partition coefficient (Wildman–Crippen LogP) is 4.47. The van der Waals surface area contributed by atoms with Crippen LogP contribution in [0.2, 0.25) is 0 Å². The SMILES string of the molecule is CCc1cccc(CC)c1N1C[C@H](C(=O)Oc2ccc(N3C(=O)[C@@H]4[C@@H](C)C=CC[C@H]4C3=O)cc2)CC1=O. The molecule has 2 fully saturated rings. The lowest BCUT2D eigenvalue weighted by Crippen LogP contribution is -2.31. The van der Waals surface area contributed by atoms with Crippen LogP contribution in [0.15, 0.2) is 54.6 Å². The average Bonchev–Trinajstić information content (AvgIpc) is 3.41. The number of carbonyl (C=O) groups is 4. The molecule has 7 heteroatoms. The minimum atomic E-state index is -0.569. The first-order chi connectivity index (χ1) is 17.8. The van der Waals surface area contributed by atoms with Crippen LogP contribution in [0.1, 0.15) is 44.7 Å². The molecule has 1 aliphatic carbocycles. The maximum atomic E-state index is 13.0. The molecule has 0 unspecified atom stereocenters. The Kier molecular flexibility index (Phi) is 6.71. The Morgan fingerprint density at radius 1 is 0.973 bits per heavy atom. The van der Waals surface area contributed by atoms with Gasteiger partial charge in [-0.25, -0.2) is 0 Å². The van der Waals surface area contributed by atoms with Crippen molar-refractivity contribution in [3.05, 3.63) is 65.7 Å². The summed E-state index contributed by atoms with van der Waals surface area (Å²) in [5, 5.41) is 0. The molecule has 37 heavy (non-hydrogen) atoms. The lowest BCUT2D eigenvalue weighted by molar-refractivity contribution is -0.139. The van der Waals surface area contributed by atoms with Gasteiger partial charge in [0.1, 0.15) is 5.75 Å². The molecule has 7 nitrogen and oxygen atoms in total. The first-order valence-corrected chi connectivity index (χ1v) is 13.1. The fourth-order valence-corrected chi connectivity index (χ4v) is 5.91. The van der Waals surface area contributed by atoms with Gasteiger partial charge in [0, 0.05) is 18.7 Å². The number of carbonyl (C=O) groups excluding carboxylic acids is 4. The fourth-order valence-electron chi connectivity index (χ4n) is 5.91. The van der Waals surface area contributed by atoms with E-state index in [1.54, 1.807) is 29.2 Å². The first kappa shape index (κ1) is 24.9. The quantitative estimate of drug-likeness (QED) is 0.253. The highest BCUT2D eigenvalue weighted by molar-refractivity contribution is 6.22. The van der Waals surface area contributed by atoms with Gasteiger partial charge in [0.25, 0.3) is 0 Å². The number of imide groups is 1. The van der Waals surface area contributed by atoms with Gasteiger partial charge in [0.2, 0.25) is 17.7 Å². The number of rotatable bonds is 6. The van der Waals surface area contributed by atoms with Crippen LogP contribution in [-0.2, 0) is 32.0 Å². The van der Waals surface area contributed by atoms with Gasteiger partial charge in [0.05, 0.1) is 23.4 Å². The number of amides is 3. The minimum Gasteiger partial charge on any atom is -0.426 e. The molecule has 0 spiro atoms. The molecule has 2 heterocycles. The molecule has 3 amide bonds. The molecule has 0 N–H and O–H groups in total. The zero-order valence-electron chi connectivity index (χ0n) is 21.5. The van der Waals surface area contributed by atoms with Gasteiger partial charge in [0.15, 0.2) is 0 Å². The number of esters is 1. The molecule has 2 aromatic carbocycles. The Morgan fingerprint density at radius 3 is 2.27 bits per heavy atom. The molecule has 0 saturated carbocycles. The molecule has 4 atom stereocenters. The first-order valence-electron chi connectivity index (χ1n) is 13.1. The predicted molar refractivity (Wildman–Crippen MR) is 140 cm³/mol. The second-order valence-corrected chi connectivity index (χ2v) is 10.1. The van der Waals surface area contributed by atoms with Crippen molar-refractivity contribution in [3.63, 3.8) is 0 Å². The van der Waals surface area contributed by atoms with Crippen LogP contribution in [0.25, 0.3) is 0 Å². The number of para-hydroxylation sites is 1. The van der Waals surface area contributed by atoms with Crippen LogP contribution in [0.5, 0.6) is 5.75 Å². The number of fused-ring (bicyclic) bond motifs is 1. The van der Waals surface area contributed by atoms with E-state index in [0.29, 0.717) is 17.9 Å². The summed E-state index contributed by atoms with van der Waals surface area (Å²) in [7, 11) is 0. The average molecular weight is 501 g/mol. The molecule has 2 saturated heterocycles. The third-order valence-electron chi connectivity index (χ3n) is 7.88. The minimum absolute atomic E-state index is 0.0202. The molecular formula is C30H32N2O5. The van der Waals surface area contributed by atoms with Crippen LogP contribution in [0, 0.1) is 23.7 Å². The lowest BCUT2D eigenvalue weighted by atomic mass is 9.78. The lowest BCUT2D eigenvalue weighted by Gasteiger charge is -2.23. The van der Waals surface area contributed by atoms with Crippen molar-refractivity contribution in [2.75, 3.05) is 16.3 Å². The highest BCUT2D eigenvalue weighted by Crippen LogP contribution is 2.41. The Hall–Kier alpha value is -3.74. The van der Waals surface area contributed by atoms with E-state index in [2.05, 4.69) is 13.8 Å². The van der Waals surface area contributed by atoms with Gasteiger partial charge in [-0.1, -0.05) is 51.1 Å². The van der Waals surface area contributed by atoms with Crippen molar-refractivity contribution in [2.24, 2.45) is 23.7 Å². The maximum absolute atomic E-state index is 13.0. The molecule has 0 aromatic heterocycles. The molecule has 2 aliphatic heterocycles. The summed E-state index contributed by atoms with van der Waals surface area (Å²) in [4.78, 5) is 54.8. The van der Waals surface area contributed by atoms with Gasteiger partial charge in [-0.15, -0.1) is 0 Å². The standard InChI is InChI=1S/C30H32N2O5/c1-4-19-9-7-10-20(5-2)27(19)31-17-21(16-25(31)33)30(36)37-23-14-12-22(13-15-23)32-28(34)24-11-6-8-18(3)26(24)29(32)35/h6-10,12-15,18,21,24,26H,4-5,11,16-17H2,1-3H3/t18-,21+,24+,26+/m0/s1. The van der Waals surface area contributed by atoms with Gasteiger partial charge in [-0.3, -0.25) is 24.1 Å². The highest BCUT2D eigenvalue weighted by atomic mass is 16.5. The summed E-state index contributed by atoms with van der Waals surface area (Å²) in [6.45, 7) is 6.36. The number of hydrogen-bond acceptors (Lipinski definition) is 5. The van der Waals surface area contributed by atoms with Crippen LogP contribution in [0.4, 0.5) is 11.4 Å². The molecule has 0 bridgehead atoms. The molecule has 192 valence electrons. The Labute approximate surface area is 217 Å². The van der Waals surface area contributed by atoms with E-state index >= 15 is 0 Å². The summed E-state index contributed by atoms with van der Waals surface area (Å²) >= 11 is 0. The fraction of sp³-hybridized carbons (Fsp3) is 0.400. The largest absolute Gasteiger partial charge is 0.426 e. The van der Waals surface area contributed by atoms with E-state index in [1.807, 2.05) is 37.3 Å². The monoisotopic (exact) mass is 500 g/mol. The van der Waals surface area contributed by atoms with E-state index in [-0.39, 0.29) is 48.4 Å².